The lowest BCUT2D eigenvalue weighted by Crippen LogP contribution is -2.47. The van der Waals surface area contributed by atoms with Crippen molar-refractivity contribution in [3.05, 3.63) is 95.8 Å². The molecule has 2 aromatic carbocycles. The third-order valence-corrected chi connectivity index (χ3v) is 6.08. The average molecular weight is 428 g/mol. The number of hydrogen-bond acceptors (Lipinski definition) is 3. The van der Waals surface area contributed by atoms with Crippen LogP contribution in [0.5, 0.6) is 0 Å². The highest BCUT2D eigenvalue weighted by atomic mass is 16.2. The Morgan fingerprint density at radius 2 is 1.59 bits per heavy atom. The normalized spacial score (nSPS) is 15.0. The Bertz CT molecular complexity index is 1050. The number of aryl methyl sites for hydroxylation is 1. The van der Waals surface area contributed by atoms with E-state index in [2.05, 4.69) is 10.3 Å². The van der Waals surface area contributed by atoms with Crippen LogP contribution < -0.4 is 10.2 Å². The van der Waals surface area contributed by atoms with Gasteiger partial charge in [-0.15, -0.1) is 0 Å². The van der Waals surface area contributed by atoms with Crippen molar-refractivity contribution >= 4 is 17.5 Å². The van der Waals surface area contributed by atoms with Crippen molar-refractivity contribution in [2.24, 2.45) is 0 Å². The molecule has 0 bridgehead atoms. The third-order valence-electron chi connectivity index (χ3n) is 6.08. The van der Waals surface area contributed by atoms with Crippen LogP contribution in [0.15, 0.2) is 79.0 Å². The van der Waals surface area contributed by atoms with E-state index >= 15 is 0 Å². The Hall–Kier alpha value is -3.47. The van der Waals surface area contributed by atoms with Crippen LogP contribution in [0.3, 0.4) is 0 Å². The molecule has 0 radical (unpaired) electrons. The molecule has 4 rings (SSSR count). The van der Waals surface area contributed by atoms with E-state index in [9.17, 15) is 9.59 Å². The quantitative estimate of drug-likeness (QED) is 0.586. The first kappa shape index (κ1) is 21.8. The zero-order chi connectivity index (χ0) is 22.3. The number of pyridine rings is 1. The molecular weight excluding hydrogens is 398 g/mol. The van der Waals surface area contributed by atoms with Gasteiger partial charge in [0.1, 0.15) is 11.7 Å². The molecule has 1 aliphatic carbocycles. The molecule has 1 N–H and O–H groups in total. The van der Waals surface area contributed by atoms with Crippen molar-refractivity contribution in [3.8, 4) is 0 Å². The fourth-order valence-electron chi connectivity index (χ4n) is 4.40. The van der Waals surface area contributed by atoms with Crippen LogP contribution in [0.1, 0.15) is 59.8 Å². The molecule has 1 aliphatic rings. The fraction of sp³-hybridized carbons (Fsp3) is 0.296. The van der Waals surface area contributed by atoms with E-state index < -0.39 is 6.04 Å². The van der Waals surface area contributed by atoms with Crippen molar-refractivity contribution in [3.63, 3.8) is 0 Å². The molecule has 1 saturated carbocycles. The number of para-hydroxylation sites is 1. The van der Waals surface area contributed by atoms with Crippen LogP contribution in [-0.4, -0.2) is 22.8 Å². The Kier molecular flexibility index (Phi) is 6.95. The van der Waals surface area contributed by atoms with Gasteiger partial charge >= 0.3 is 0 Å². The average Bonchev–Trinajstić information content (AvgIpc) is 2.84. The maximum absolute atomic E-state index is 13.8. The zero-order valence-corrected chi connectivity index (χ0v) is 18.4. The van der Waals surface area contributed by atoms with Gasteiger partial charge in [0.25, 0.3) is 5.91 Å². The van der Waals surface area contributed by atoms with E-state index in [0.717, 1.165) is 36.8 Å². The summed E-state index contributed by atoms with van der Waals surface area (Å²) in [5.41, 5.74) is 2.75. The Morgan fingerprint density at radius 1 is 0.906 bits per heavy atom. The second-order valence-corrected chi connectivity index (χ2v) is 8.33. The monoisotopic (exact) mass is 427 g/mol. The van der Waals surface area contributed by atoms with E-state index in [0.29, 0.717) is 11.4 Å². The molecule has 2 amide bonds. The molecule has 1 heterocycles. The molecule has 0 unspecified atom stereocenters. The number of carbonyl (C=O) groups excluding carboxylic acids is 2. The standard InChI is InChI=1S/C27H29N3O2/c1-20-12-8-9-17-23(20)25(26(31)29-21-13-4-2-5-14-21)30(22-15-6-3-7-16-22)27(32)24-18-10-11-19-28-24/h3,6-12,15-19,21,25H,2,4-5,13-14H2,1H3,(H,29,31)/t25-/m0/s1. The highest BCUT2D eigenvalue weighted by Gasteiger charge is 2.35. The first-order valence-electron chi connectivity index (χ1n) is 11.3. The molecule has 32 heavy (non-hydrogen) atoms. The first-order chi connectivity index (χ1) is 15.6. The summed E-state index contributed by atoms with van der Waals surface area (Å²) in [6.45, 7) is 1.98. The summed E-state index contributed by atoms with van der Waals surface area (Å²) in [6.07, 6.45) is 7.01. The number of nitrogens with one attached hydrogen (secondary N) is 1. The lowest BCUT2D eigenvalue weighted by molar-refractivity contribution is -0.123. The number of aromatic nitrogens is 1. The van der Waals surface area contributed by atoms with E-state index in [-0.39, 0.29) is 17.9 Å². The molecule has 164 valence electrons. The smallest absolute Gasteiger partial charge is 0.277 e. The number of anilines is 1. The van der Waals surface area contributed by atoms with E-state index in [1.165, 1.54) is 6.42 Å². The van der Waals surface area contributed by atoms with Crippen molar-refractivity contribution in [1.82, 2.24) is 10.3 Å². The predicted molar refractivity (Wildman–Crippen MR) is 126 cm³/mol. The number of nitrogens with zero attached hydrogens (tertiary/aromatic N) is 2. The van der Waals surface area contributed by atoms with Crippen LogP contribution in [0.4, 0.5) is 5.69 Å². The van der Waals surface area contributed by atoms with Crippen molar-refractivity contribution < 1.29 is 9.59 Å². The Balaban J connectivity index is 1.80. The molecule has 1 atom stereocenters. The molecule has 3 aromatic rings. The molecule has 0 spiro atoms. The van der Waals surface area contributed by atoms with Crippen molar-refractivity contribution in [2.45, 2.75) is 51.1 Å². The highest BCUT2D eigenvalue weighted by Crippen LogP contribution is 2.31. The summed E-state index contributed by atoms with van der Waals surface area (Å²) in [4.78, 5) is 33.4. The second-order valence-electron chi connectivity index (χ2n) is 8.33. The third kappa shape index (κ3) is 4.88. The second kappa shape index (κ2) is 10.2. The topological polar surface area (TPSA) is 62.3 Å². The maximum atomic E-state index is 13.8. The predicted octanol–water partition coefficient (Wildman–Crippen LogP) is 5.23. The minimum absolute atomic E-state index is 0.144. The van der Waals surface area contributed by atoms with E-state index in [1.807, 2.05) is 61.5 Å². The van der Waals surface area contributed by atoms with Gasteiger partial charge in [0.05, 0.1) is 0 Å². The van der Waals surface area contributed by atoms with Gasteiger partial charge in [-0.1, -0.05) is 67.8 Å². The van der Waals surface area contributed by atoms with Gasteiger partial charge in [0.15, 0.2) is 0 Å². The van der Waals surface area contributed by atoms with Gasteiger partial charge in [-0.3, -0.25) is 19.5 Å². The van der Waals surface area contributed by atoms with Gasteiger partial charge in [0.2, 0.25) is 5.91 Å². The fourth-order valence-corrected chi connectivity index (χ4v) is 4.40. The summed E-state index contributed by atoms with van der Waals surface area (Å²) in [5.74, 6) is -0.455. The Labute approximate surface area is 189 Å². The largest absolute Gasteiger partial charge is 0.351 e. The molecule has 1 fully saturated rings. The molecular formula is C27H29N3O2. The molecule has 1 aromatic heterocycles. The van der Waals surface area contributed by atoms with Gasteiger partial charge in [-0.05, 0) is 55.2 Å². The number of amides is 2. The van der Waals surface area contributed by atoms with Gasteiger partial charge in [0, 0.05) is 17.9 Å². The van der Waals surface area contributed by atoms with E-state index in [4.69, 9.17) is 0 Å². The summed E-state index contributed by atoms with van der Waals surface area (Å²) >= 11 is 0. The molecule has 5 heteroatoms. The van der Waals surface area contributed by atoms with E-state index in [1.54, 1.807) is 29.3 Å². The van der Waals surface area contributed by atoms with Gasteiger partial charge < -0.3 is 5.32 Å². The number of hydrogen-bond donors (Lipinski definition) is 1. The minimum atomic E-state index is -0.796. The maximum Gasteiger partial charge on any atom is 0.277 e. The van der Waals surface area contributed by atoms with Crippen LogP contribution in [0.2, 0.25) is 0 Å². The first-order valence-corrected chi connectivity index (χ1v) is 11.3. The van der Waals surface area contributed by atoms with Crippen molar-refractivity contribution in [2.75, 3.05) is 4.90 Å². The summed E-state index contributed by atoms with van der Waals surface area (Å²) in [7, 11) is 0. The van der Waals surface area contributed by atoms with Crippen LogP contribution in [0, 0.1) is 6.92 Å². The number of benzene rings is 2. The molecule has 5 nitrogen and oxygen atoms in total. The van der Waals surface area contributed by atoms with Crippen LogP contribution in [-0.2, 0) is 4.79 Å². The molecule has 0 aliphatic heterocycles. The number of carbonyl (C=O) groups is 2. The zero-order valence-electron chi connectivity index (χ0n) is 18.4. The lowest BCUT2D eigenvalue weighted by atomic mass is 9.93. The molecule has 0 saturated heterocycles. The van der Waals surface area contributed by atoms with Gasteiger partial charge in [-0.2, -0.15) is 0 Å². The van der Waals surface area contributed by atoms with Crippen LogP contribution in [0.25, 0.3) is 0 Å². The highest BCUT2D eigenvalue weighted by molar-refractivity contribution is 6.09. The summed E-state index contributed by atoms with van der Waals surface area (Å²) < 4.78 is 0. The lowest BCUT2D eigenvalue weighted by Gasteiger charge is -2.34. The van der Waals surface area contributed by atoms with Gasteiger partial charge in [-0.25, -0.2) is 0 Å². The SMILES string of the molecule is Cc1ccccc1[C@@H](C(=O)NC1CCCCC1)N(C(=O)c1ccccn1)c1ccccc1. The minimum Gasteiger partial charge on any atom is -0.351 e. The van der Waals surface area contributed by atoms with Crippen molar-refractivity contribution in [1.29, 1.82) is 0 Å². The van der Waals surface area contributed by atoms with Crippen LogP contribution >= 0.6 is 0 Å². The number of rotatable bonds is 6. The summed E-state index contributed by atoms with van der Waals surface area (Å²) in [6, 6.07) is 21.7. The summed E-state index contributed by atoms with van der Waals surface area (Å²) in [5, 5.41) is 3.25. The Morgan fingerprint density at radius 3 is 2.28 bits per heavy atom.